The van der Waals surface area contributed by atoms with Gasteiger partial charge in [0.2, 0.25) is 0 Å². The average Bonchev–Trinajstić information content (AvgIpc) is 2.40. The Morgan fingerprint density at radius 1 is 1.33 bits per heavy atom. The third kappa shape index (κ3) is 4.21. The Morgan fingerprint density at radius 2 is 2.00 bits per heavy atom. The molecule has 4 heteroatoms. The van der Waals surface area contributed by atoms with E-state index in [1.807, 2.05) is 38.1 Å². The first kappa shape index (κ1) is 15.8. The zero-order chi connectivity index (χ0) is 15.4. The van der Waals surface area contributed by atoms with Gasteiger partial charge in [-0.15, -0.1) is 0 Å². The number of nitrogens with zero attached hydrogens (tertiary/aromatic N) is 1. The summed E-state index contributed by atoms with van der Waals surface area (Å²) in [6, 6.07) is 6.91. The maximum absolute atomic E-state index is 11.7. The van der Waals surface area contributed by atoms with Crippen LogP contribution in [-0.2, 0) is 4.79 Å². The van der Waals surface area contributed by atoms with Crippen molar-refractivity contribution in [3.8, 4) is 5.75 Å². The summed E-state index contributed by atoms with van der Waals surface area (Å²) in [6.45, 7) is 7.84. The normalized spacial score (nSPS) is 18.7. The minimum absolute atomic E-state index is 0.0827. The molecular formula is C17H25NO3. The maximum Gasteiger partial charge on any atom is 0.325 e. The summed E-state index contributed by atoms with van der Waals surface area (Å²) in [5.74, 6) is 0.636. The van der Waals surface area contributed by atoms with Crippen LogP contribution in [0.2, 0.25) is 0 Å². The van der Waals surface area contributed by atoms with Gasteiger partial charge in [0.15, 0.2) is 0 Å². The minimum atomic E-state index is -0.786. The fraction of sp³-hybridized carbons (Fsp3) is 0.588. The van der Waals surface area contributed by atoms with E-state index in [0.717, 1.165) is 37.2 Å². The highest BCUT2D eigenvalue weighted by molar-refractivity contribution is 5.75. The summed E-state index contributed by atoms with van der Waals surface area (Å²) in [5.41, 5.74) is 0.801. The molecule has 1 aliphatic rings. The molecule has 1 unspecified atom stereocenters. The van der Waals surface area contributed by atoms with Crippen molar-refractivity contribution in [1.82, 2.24) is 4.90 Å². The molecule has 0 bridgehead atoms. The molecule has 0 saturated carbocycles. The number of piperidine rings is 1. The number of likely N-dealkylation sites (tertiary alicyclic amines) is 1. The number of benzene rings is 1. The molecule has 1 fully saturated rings. The van der Waals surface area contributed by atoms with E-state index in [4.69, 9.17) is 4.74 Å². The molecule has 1 atom stereocenters. The molecular weight excluding hydrogens is 266 g/mol. The van der Waals surface area contributed by atoms with Gasteiger partial charge in [0.1, 0.15) is 11.8 Å². The van der Waals surface area contributed by atoms with Gasteiger partial charge < -0.3 is 9.84 Å². The molecule has 1 aliphatic heterocycles. The molecule has 0 aromatic heterocycles. The van der Waals surface area contributed by atoms with Crippen molar-refractivity contribution < 1.29 is 14.6 Å². The lowest BCUT2D eigenvalue weighted by Crippen LogP contribution is -2.39. The lowest BCUT2D eigenvalue weighted by atomic mass is 9.95. The van der Waals surface area contributed by atoms with Crippen LogP contribution in [0.4, 0.5) is 0 Å². The van der Waals surface area contributed by atoms with Crippen LogP contribution in [0, 0.1) is 5.92 Å². The fourth-order valence-corrected chi connectivity index (χ4v) is 2.83. The first-order valence-electron chi connectivity index (χ1n) is 7.71. The predicted molar refractivity (Wildman–Crippen MR) is 82.6 cm³/mol. The van der Waals surface area contributed by atoms with Crippen molar-refractivity contribution in [1.29, 1.82) is 0 Å². The Morgan fingerprint density at radius 3 is 2.57 bits per heavy atom. The lowest BCUT2D eigenvalue weighted by Gasteiger charge is -2.34. The van der Waals surface area contributed by atoms with Gasteiger partial charge in [-0.3, -0.25) is 9.69 Å². The SMILES string of the molecule is CC1CCN(C(C(=O)O)c2cccc(OC(C)C)c2)CC1. The van der Waals surface area contributed by atoms with Crippen LogP contribution in [0.5, 0.6) is 5.75 Å². The second-order valence-corrected chi connectivity index (χ2v) is 6.20. The monoisotopic (exact) mass is 291 g/mol. The smallest absolute Gasteiger partial charge is 0.325 e. The predicted octanol–water partition coefficient (Wildman–Crippen LogP) is 3.33. The quantitative estimate of drug-likeness (QED) is 0.904. The number of hydrogen-bond donors (Lipinski definition) is 1. The van der Waals surface area contributed by atoms with Crippen LogP contribution in [0.3, 0.4) is 0 Å². The van der Waals surface area contributed by atoms with Crippen molar-refractivity contribution in [3.05, 3.63) is 29.8 Å². The fourth-order valence-electron chi connectivity index (χ4n) is 2.83. The number of carboxylic acid groups (broad SMARTS) is 1. The van der Waals surface area contributed by atoms with E-state index < -0.39 is 12.0 Å². The van der Waals surface area contributed by atoms with Crippen molar-refractivity contribution >= 4 is 5.97 Å². The zero-order valence-corrected chi connectivity index (χ0v) is 13.1. The molecule has 0 radical (unpaired) electrons. The van der Waals surface area contributed by atoms with Gasteiger partial charge in [0, 0.05) is 0 Å². The molecule has 1 aromatic carbocycles. The summed E-state index contributed by atoms with van der Waals surface area (Å²) < 4.78 is 5.68. The van der Waals surface area contributed by atoms with Crippen molar-refractivity contribution in [2.45, 2.75) is 45.8 Å². The minimum Gasteiger partial charge on any atom is -0.491 e. The van der Waals surface area contributed by atoms with E-state index in [1.165, 1.54) is 0 Å². The Bertz CT molecular complexity index is 479. The van der Waals surface area contributed by atoms with E-state index in [1.54, 1.807) is 0 Å². The molecule has 21 heavy (non-hydrogen) atoms. The van der Waals surface area contributed by atoms with Gasteiger partial charge >= 0.3 is 5.97 Å². The molecule has 4 nitrogen and oxygen atoms in total. The summed E-state index contributed by atoms with van der Waals surface area (Å²) in [6.07, 6.45) is 2.21. The van der Waals surface area contributed by atoms with Gasteiger partial charge in [0.25, 0.3) is 0 Å². The summed E-state index contributed by atoms with van der Waals surface area (Å²) in [7, 11) is 0. The zero-order valence-electron chi connectivity index (χ0n) is 13.1. The molecule has 1 heterocycles. The Hall–Kier alpha value is -1.55. The number of hydrogen-bond acceptors (Lipinski definition) is 3. The van der Waals surface area contributed by atoms with Crippen LogP contribution >= 0.6 is 0 Å². The van der Waals surface area contributed by atoms with Crippen LogP contribution in [0.25, 0.3) is 0 Å². The topological polar surface area (TPSA) is 49.8 Å². The number of carbonyl (C=O) groups is 1. The van der Waals surface area contributed by atoms with Gasteiger partial charge in [-0.2, -0.15) is 0 Å². The first-order chi connectivity index (χ1) is 9.97. The summed E-state index contributed by atoms with van der Waals surface area (Å²) in [4.78, 5) is 13.8. The van der Waals surface area contributed by atoms with E-state index in [0.29, 0.717) is 5.92 Å². The molecule has 0 spiro atoms. The number of aliphatic carboxylic acids is 1. The Labute approximate surface area is 126 Å². The summed E-state index contributed by atoms with van der Waals surface area (Å²) in [5, 5.41) is 9.64. The molecule has 0 aliphatic carbocycles. The average molecular weight is 291 g/mol. The second kappa shape index (κ2) is 6.94. The molecule has 0 amide bonds. The van der Waals surface area contributed by atoms with E-state index >= 15 is 0 Å². The molecule has 1 N–H and O–H groups in total. The third-order valence-corrected chi connectivity index (χ3v) is 3.96. The Kier molecular flexibility index (Phi) is 5.23. The van der Waals surface area contributed by atoms with Crippen LogP contribution in [-0.4, -0.2) is 35.2 Å². The van der Waals surface area contributed by atoms with Crippen LogP contribution < -0.4 is 4.74 Å². The molecule has 2 rings (SSSR count). The highest BCUT2D eigenvalue weighted by atomic mass is 16.5. The highest BCUT2D eigenvalue weighted by Gasteiger charge is 2.30. The second-order valence-electron chi connectivity index (χ2n) is 6.20. The van der Waals surface area contributed by atoms with E-state index in [-0.39, 0.29) is 6.10 Å². The van der Waals surface area contributed by atoms with Gasteiger partial charge in [-0.1, -0.05) is 19.1 Å². The summed E-state index contributed by atoms with van der Waals surface area (Å²) >= 11 is 0. The lowest BCUT2D eigenvalue weighted by molar-refractivity contribution is -0.144. The van der Waals surface area contributed by atoms with Crippen LogP contribution in [0.1, 0.15) is 45.2 Å². The van der Waals surface area contributed by atoms with E-state index in [2.05, 4.69) is 11.8 Å². The number of ether oxygens (including phenoxy) is 1. The third-order valence-electron chi connectivity index (χ3n) is 3.96. The van der Waals surface area contributed by atoms with Crippen molar-refractivity contribution in [2.24, 2.45) is 5.92 Å². The number of carboxylic acids is 1. The standard InChI is InChI=1S/C17H25NO3/c1-12(2)21-15-6-4-5-14(11-15)16(17(19)20)18-9-7-13(3)8-10-18/h4-6,11-13,16H,7-10H2,1-3H3,(H,19,20). The largest absolute Gasteiger partial charge is 0.491 e. The van der Waals surface area contributed by atoms with Gasteiger partial charge in [-0.25, -0.2) is 0 Å². The highest BCUT2D eigenvalue weighted by Crippen LogP contribution is 2.29. The number of rotatable bonds is 5. The van der Waals surface area contributed by atoms with Gasteiger partial charge in [-0.05, 0) is 63.4 Å². The maximum atomic E-state index is 11.7. The first-order valence-corrected chi connectivity index (χ1v) is 7.71. The molecule has 1 saturated heterocycles. The molecule has 1 aromatic rings. The van der Waals surface area contributed by atoms with Crippen molar-refractivity contribution in [3.63, 3.8) is 0 Å². The Balaban J connectivity index is 2.20. The molecule has 116 valence electrons. The van der Waals surface area contributed by atoms with Gasteiger partial charge in [0.05, 0.1) is 6.10 Å². The van der Waals surface area contributed by atoms with E-state index in [9.17, 15) is 9.90 Å². The van der Waals surface area contributed by atoms with Crippen molar-refractivity contribution in [2.75, 3.05) is 13.1 Å². The van der Waals surface area contributed by atoms with Crippen LogP contribution in [0.15, 0.2) is 24.3 Å².